The predicted molar refractivity (Wildman–Crippen MR) is 126 cm³/mol. The highest BCUT2D eigenvalue weighted by atomic mass is 16.5. The molecule has 1 N–H and O–H groups in total. The second-order valence-electron chi connectivity index (χ2n) is 7.24. The Morgan fingerprint density at radius 1 is 0.879 bits per heavy atom. The van der Waals surface area contributed by atoms with Crippen LogP contribution in [-0.2, 0) is 0 Å². The van der Waals surface area contributed by atoms with E-state index in [-0.39, 0.29) is 5.91 Å². The molecule has 4 rings (SSSR count). The lowest BCUT2D eigenvalue weighted by molar-refractivity contribution is 0.102. The van der Waals surface area contributed by atoms with Crippen LogP contribution in [0.1, 0.15) is 15.9 Å². The van der Waals surface area contributed by atoms with Crippen LogP contribution in [0.15, 0.2) is 79.0 Å². The Labute approximate surface area is 192 Å². The summed E-state index contributed by atoms with van der Waals surface area (Å²) in [7, 11) is 3.10. The molecule has 0 radical (unpaired) electrons. The summed E-state index contributed by atoms with van der Waals surface area (Å²) in [5.41, 5.74) is 3.08. The fourth-order valence-corrected chi connectivity index (χ4v) is 3.18. The highest BCUT2D eigenvalue weighted by Gasteiger charge is 2.11. The van der Waals surface area contributed by atoms with Gasteiger partial charge < -0.3 is 19.5 Å². The van der Waals surface area contributed by atoms with Gasteiger partial charge in [-0.1, -0.05) is 35.9 Å². The standard InChI is InChI=1S/C26H23N3O4/c1-17-7-9-18(10-8-17)25-27-14-13-24(29-25)33-21-6-4-5-19(15-21)26(30)28-20-11-12-22(31-2)23(16-20)32-3/h4-16H,1-3H3,(H,28,30). The monoisotopic (exact) mass is 441 g/mol. The maximum absolute atomic E-state index is 12.8. The van der Waals surface area contributed by atoms with Crippen molar-refractivity contribution in [3.8, 4) is 34.5 Å². The molecule has 33 heavy (non-hydrogen) atoms. The number of anilines is 1. The minimum Gasteiger partial charge on any atom is -0.493 e. The fourth-order valence-electron chi connectivity index (χ4n) is 3.18. The number of nitrogens with one attached hydrogen (secondary N) is 1. The van der Waals surface area contributed by atoms with Crippen molar-refractivity contribution < 1.29 is 19.0 Å². The molecule has 0 saturated heterocycles. The van der Waals surface area contributed by atoms with E-state index < -0.39 is 0 Å². The van der Waals surface area contributed by atoms with Crippen LogP contribution in [0.5, 0.6) is 23.1 Å². The summed E-state index contributed by atoms with van der Waals surface area (Å²) in [6.45, 7) is 2.03. The van der Waals surface area contributed by atoms with Crippen molar-refractivity contribution in [2.75, 3.05) is 19.5 Å². The molecule has 1 heterocycles. The molecule has 0 atom stereocenters. The number of ether oxygens (including phenoxy) is 3. The molecule has 0 aliphatic carbocycles. The zero-order valence-corrected chi connectivity index (χ0v) is 18.5. The zero-order valence-electron chi connectivity index (χ0n) is 18.5. The average Bonchev–Trinajstić information content (AvgIpc) is 2.84. The molecule has 0 fully saturated rings. The topological polar surface area (TPSA) is 82.6 Å². The number of hydrogen-bond donors (Lipinski definition) is 1. The smallest absolute Gasteiger partial charge is 0.255 e. The average molecular weight is 441 g/mol. The number of rotatable bonds is 7. The van der Waals surface area contributed by atoms with E-state index in [0.717, 1.165) is 11.1 Å². The van der Waals surface area contributed by atoms with Crippen molar-refractivity contribution in [3.05, 3.63) is 90.1 Å². The van der Waals surface area contributed by atoms with Crippen LogP contribution in [0.25, 0.3) is 11.4 Å². The lowest BCUT2D eigenvalue weighted by atomic mass is 10.1. The molecular formula is C26H23N3O4. The van der Waals surface area contributed by atoms with Gasteiger partial charge in [0, 0.05) is 35.1 Å². The SMILES string of the molecule is COc1ccc(NC(=O)c2cccc(Oc3ccnc(-c4ccc(C)cc4)n3)c2)cc1OC. The normalized spacial score (nSPS) is 10.4. The van der Waals surface area contributed by atoms with Crippen molar-refractivity contribution in [2.45, 2.75) is 6.92 Å². The van der Waals surface area contributed by atoms with Gasteiger partial charge in [-0.2, -0.15) is 4.98 Å². The molecule has 1 amide bonds. The van der Waals surface area contributed by atoms with Crippen LogP contribution in [0.2, 0.25) is 0 Å². The van der Waals surface area contributed by atoms with Gasteiger partial charge in [0.05, 0.1) is 14.2 Å². The summed E-state index contributed by atoms with van der Waals surface area (Å²) in [5.74, 6) is 2.27. The fraction of sp³-hybridized carbons (Fsp3) is 0.115. The maximum Gasteiger partial charge on any atom is 0.255 e. The van der Waals surface area contributed by atoms with E-state index >= 15 is 0 Å². The molecule has 0 aliphatic heterocycles. The second-order valence-corrected chi connectivity index (χ2v) is 7.24. The number of carbonyl (C=O) groups excluding carboxylic acids is 1. The van der Waals surface area contributed by atoms with Crippen molar-refractivity contribution in [1.29, 1.82) is 0 Å². The van der Waals surface area contributed by atoms with Gasteiger partial charge in [0.1, 0.15) is 5.75 Å². The number of carbonyl (C=O) groups is 1. The van der Waals surface area contributed by atoms with Crippen LogP contribution >= 0.6 is 0 Å². The molecule has 4 aromatic rings. The van der Waals surface area contributed by atoms with Crippen LogP contribution in [-0.4, -0.2) is 30.1 Å². The first-order valence-electron chi connectivity index (χ1n) is 10.3. The molecule has 166 valence electrons. The zero-order chi connectivity index (χ0) is 23.2. The molecule has 0 saturated carbocycles. The predicted octanol–water partition coefficient (Wildman–Crippen LogP) is 5.51. The molecule has 0 bridgehead atoms. The van der Waals surface area contributed by atoms with E-state index in [1.807, 2.05) is 31.2 Å². The van der Waals surface area contributed by atoms with Crippen LogP contribution in [0.3, 0.4) is 0 Å². The summed E-state index contributed by atoms with van der Waals surface area (Å²) >= 11 is 0. The Morgan fingerprint density at radius 2 is 1.67 bits per heavy atom. The van der Waals surface area contributed by atoms with Crippen LogP contribution in [0, 0.1) is 6.92 Å². The van der Waals surface area contributed by atoms with E-state index in [4.69, 9.17) is 14.2 Å². The molecule has 7 nitrogen and oxygen atoms in total. The first-order valence-corrected chi connectivity index (χ1v) is 10.3. The summed E-state index contributed by atoms with van der Waals surface area (Å²) in [5, 5.41) is 2.85. The van der Waals surface area contributed by atoms with Gasteiger partial charge >= 0.3 is 0 Å². The van der Waals surface area contributed by atoms with Crippen molar-refractivity contribution >= 4 is 11.6 Å². The van der Waals surface area contributed by atoms with Crippen molar-refractivity contribution in [3.63, 3.8) is 0 Å². The number of benzene rings is 3. The Morgan fingerprint density at radius 3 is 2.42 bits per heavy atom. The van der Waals surface area contributed by atoms with Gasteiger partial charge in [-0.25, -0.2) is 4.98 Å². The molecule has 0 aliphatic rings. The lowest BCUT2D eigenvalue weighted by Crippen LogP contribution is -2.12. The molecule has 1 aromatic heterocycles. The number of aryl methyl sites for hydroxylation is 1. The van der Waals surface area contributed by atoms with E-state index in [1.54, 1.807) is 68.9 Å². The van der Waals surface area contributed by atoms with Gasteiger partial charge in [-0.05, 0) is 37.3 Å². The van der Waals surface area contributed by atoms with E-state index in [2.05, 4.69) is 15.3 Å². The number of nitrogens with zero attached hydrogens (tertiary/aromatic N) is 2. The number of methoxy groups -OCH3 is 2. The summed E-state index contributed by atoms with van der Waals surface area (Å²) in [6.07, 6.45) is 1.64. The second kappa shape index (κ2) is 9.82. The Bertz CT molecular complexity index is 1270. The molecule has 7 heteroatoms. The van der Waals surface area contributed by atoms with Crippen molar-refractivity contribution in [2.24, 2.45) is 0 Å². The number of hydrogen-bond acceptors (Lipinski definition) is 6. The van der Waals surface area contributed by atoms with Gasteiger partial charge in [-0.3, -0.25) is 4.79 Å². The molecule has 0 spiro atoms. The first kappa shape index (κ1) is 21.8. The largest absolute Gasteiger partial charge is 0.493 e. The van der Waals surface area contributed by atoms with Crippen LogP contribution < -0.4 is 19.5 Å². The third kappa shape index (κ3) is 5.27. The highest BCUT2D eigenvalue weighted by Crippen LogP contribution is 2.30. The van der Waals surface area contributed by atoms with E-state index in [0.29, 0.717) is 40.2 Å². The van der Waals surface area contributed by atoms with E-state index in [9.17, 15) is 4.79 Å². The minimum atomic E-state index is -0.282. The number of amides is 1. The third-order valence-electron chi connectivity index (χ3n) is 4.90. The quantitative estimate of drug-likeness (QED) is 0.407. The lowest BCUT2D eigenvalue weighted by Gasteiger charge is -2.11. The van der Waals surface area contributed by atoms with Crippen LogP contribution in [0.4, 0.5) is 5.69 Å². The Balaban J connectivity index is 1.50. The Kier molecular flexibility index (Phi) is 6.50. The summed E-state index contributed by atoms with van der Waals surface area (Å²) < 4.78 is 16.4. The highest BCUT2D eigenvalue weighted by molar-refractivity contribution is 6.04. The maximum atomic E-state index is 12.8. The summed E-state index contributed by atoms with van der Waals surface area (Å²) in [6, 6.07) is 21.7. The van der Waals surface area contributed by atoms with Gasteiger partial charge in [0.2, 0.25) is 5.88 Å². The van der Waals surface area contributed by atoms with Crippen molar-refractivity contribution in [1.82, 2.24) is 9.97 Å². The number of aromatic nitrogens is 2. The van der Waals surface area contributed by atoms with Gasteiger partial charge in [0.25, 0.3) is 5.91 Å². The molecule has 0 unspecified atom stereocenters. The van der Waals surface area contributed by atoms with Gasteiger partial charge in [-0.15, -0.1) is 0 Å². The minimum absolute atomic E-state index is 0.282. The molecule has 3 aromatic carbocycles. The first-order chi connectivity index (χ1) is 16.1. The Hall–Kier alpha value is -4.39. The van der Waals surface area contributed by atoms with E-state index in [1.165, 1.54) is 0 Å². The summed E-state index contributed by atoms with van der Waals surface area (Å²) in [4.78, 5) is 21.6. The third-order valence-corrected chi connectivity index (χ3v) is 4.90. The molecular weight excluding hydrogens is 418 g/mol. The van der Waals surface area contributed by atoms with Gasteiger partial charge in [0.15, 0.2) is 17.3 Å².